The lowest BCUT2D eigenvalue weighted by molar-refractivity contribution is -0.143. The first-order valence-corrected chi connectivity index (χ1v) is 5.74. The SMILES string of the molecule is Cc1ncsc1C(C)O.O=C(O)CCC(=O)O. The monoisotopic (exact) mass is 261 g/mol. The standard InChI is InChI=1S/C6H9NOS.C4H6O4/c1-4-6(5(2)8)9-3-7-4;5-3(6)1-2-4(7)8/h3,5,8H,1-2H3;1-2H2,(H,5,6)(H,7,8). The van der Waals surface area contributed by atoms with Crippen molar-refractivity contribution in [2.75, 3.05) is 0 Å². The van der Waals surface area contributed by atoms with E-state index in [2.05, 4.69) is 4.98 Å². The summed E-state index contributed by atoms with van der Waals surface area (Å²) in [6, 6.07) is 0. The molecule has 0 aliphatic rings. The number of nitrogens with zero attached hydrogens (tertiary/aromatic N) is 1. The Balaban J connectivity index is 0.000000304. The lowest BCUT2D eigenvalue weighted by Crippen LogP contribution is -2.00. The summed E-state index contributed by atoms with van der Waals surface area (Å²) in [6.07, 6.45) is -0.956. The van der Waals surface area contributed by atoms with Crippen LogP contribution in [0.1, 0.15) is 36.4 Å². The van der Waals surface area contributed by atoms with E-state index in [0.29, 0.717) is 0 Å². The van der Waals surface area contributed by atoms with E-state index in [1.54, 1.807) is 12.4 Å². The molecule has 96 valence electrons. The highest BCUT2D eigenvalue weighted by Crippen LogP contribution is 2.19. The van der Waals surface area contributed by atoms with Crippen LogP contribution in [0.15, 0.2) is 5.51 Å². The molecule has 0 bridgehead atoms. The van der Waals surface area contributed by atoms with Crippen molar-refractivity contribution in [1.82, 2.24) is 4.98 Å². The number of carbonyl (C=O) groups is 2. The summed E-state index contributed by atoms with van der Waals surface area (Å²) < 4.78 is 0. The van der Waals surface area contributed by atoms with Crippen molar-refractivity contribution < 1.29 is 24.9 Å². The predicted octanol–water partition coefficient (Wildman–Crippen LogP) is 1.44. The van der Waals surface area contributed by atoms with Crippen LogP contribution < -0.4 is 0 Å². The minimum absolute atomic E-state index is 0.296. The lowest BCUT2D eigenvalue weighted by Gasteiger charge is -1.98. The smallest absolute Gasteiger partial charge is 0.303 e. The number of carboxylic acid groups (broad SMARTS) is 2. The fourth-order valence-corrected chi connectivity index (χ4v) is 1.67. The molecule has 0 saturated heterocycles. The van der Waals surface area contributed by atoms with Gasteiger partial charge in [-0.05, 0) is 13.8 Å². The van der Waals surface area contributed by atoms with Gasteiger partial charge >= 0.3 is 11.9 Å². The lowest BCUT2D eigenvalue weighted by atomic mass is 10.3. The van der Waals surface area contributed by atoms with E-state index >= 15 is 0 Å². The van der Waals surface area contributed by atoms with E-state index in [1.807, 2.05) is 6.92 Å². The maximum absolute atomic E-state index is 9.64. The topological polar surface area (TPSA) is 108 Å². The van der Waals surface area contributed by atoms with Crippen molar-refractivity contribution in [1.29, 1.82) is 0 Å². The predicted molar refractivity (Wildman–Crippen MR) is 62.0 cm³/mol. The average molecular weight is 261 g/mol. The summed E-state index contributed by atoms with van der Waals surface area (Å²) in [5.74, 6) is -2.15. The van der Waals surface area contributed by atoms with Gasteiger partial charge in [-0.1, -0.05) is 0 Å². The second-order valence-corrected chi connectivity index (χ2v) is 4.15. The van der Waals surface area contributed by atoms with E-state index in [9.17, 15) is 9.59 Å². The molecule has 3 N–H and O–H groups in total. The van der Waals surface area contributed by atoms with Gasteiger partial charge in [-0.25, -0.2) is 4.98 Å². The Labute approximate surface area is 103 Å². The number of aromatic nitrogens is 1. The molecule has 17 heavy (non-hydrogen) atoms. The molecule has 0 amide bonds. The zero-order valence-corrected chi connectivity index (χ0v) is 10.4. The van der Waals surface area contributed by atoms with Crippen LogP contribution in [-0.2, 0) is 9.59 Å². The van der Waals surface area contributed by atoms with Crippen LogP contribution in [-0.4, -0.2) is 32.2 Å². The third-order valence-electron chi connectivity index (χ3n) is 1.71. The Morgan fingerprint density at radius 2 is 1.82 bits per heavy atom. The molecule has 0 aliphatic carbocycles. The fourth-order valence-electron chi connectivity index (χ4n) is 0.926. The zero-order chi connectivity index (χ0) is 13.4. The molecular formula is C10H15NO5S. The van der Waals surface area contributed by atoms with Gasteiger partial charge in [-0.15, -0.1) is 11.3 Å². The van der Waals surface area contributed by atoms with E-state index in [0.717, 1.165) is 10.6 Å². The molecule has 1 atom stereocenters. The van der Waals surface area contributed by atoms with Crippen molar-refractivity contribution in [3.8, 4) is 0 Å². The summed E-state index contributed by atoms with van der Waals surface area (Å²) in [7, 11) is 0. The van der Waals surface area contributed by atoms with Gasteiger partial charge in [0.2, 0.25) is 0 Å². The first-order valence-electron chi connectivity index (χ1n) is 4.86. The van der Waals surface area contributed by atoms with Crippen molar-refractivity contribution in [2.24, 2.45) is 0 Å². The molecular weight excluding hydrogens is 246 g/mol. The first-order chi connectivity index (χ1) is 7.84. The third-order valence-corrected chi connectivity index (χ3v) is 2.82. The van der Waals surface area contributed by atoms with Crippen molar-refractivity contribution in [2.45, 2.75) is 32.8 Å². The van der Waals surface area contributed by atoms with E-state index < -0.39 is 11.9 Å². The zero-order valence-electron chi connectivity index (χ0n) is 9.58. The molecule has 0 radical (unpaired) electrons. The second-order valence-electron chi connectivity index (χ2n) is 3.27. The van der Waals surface area contributed by atoms with E-state index in [-0.39, 0.29) is 18.9 Å². The van der Waals surface area contributed by atoms with Crippen LogP contribution >= 0.6 is 11.3 Å². The Morgan fingerprint density at radius 3 is 2.00 bits per heavy atom. The van der Waals surface area contributed by atoms with Crippen LogP contribution in [0.25, 0.3) is 0 Å². The van der Waals surface area contributed by atoms with Gasteiger partial charge in [0.05, 0.1) is 35.0 Å². The van der Waals surface area contributed by atoms with Crippen LogP contribution in [0.5, 0.6) is 0 Å². The summed E-state index contributed by atoms with van der Waals surface area (Å²) in [4.78, 5) is 24.2. The molecule has 7 heteroatoms. The minimum atomic E-state index is -1.08. The number of aliphatic hydroxyl groups excluding tert-OH is 1. The van der Waals surface area contributed by atoms with Crippen LogP contribution in [0.4, 0.5) is 0 Å². The number of aryl methyl sites for hydroxylation is 1. The van der Waals surface area contributed by atoms with Gasteiger partial charge in [0, 0.05) is 0 Å². The summed E-state index contributed by atoms with van der Waals surface area (Å²) in [5.41, 5.74) is 2.69. The summed E-state index contributed by atoms with van der Waals surface area (Å²) in [6.45, 7) is 3.65. The number of aliphatic carboxylic acids is 2. The van der Waals surface area contributed by atoms with E-state index in [4.69, 9.17) is 15.3 Å². The molecule has 1 aromatic rings. The Kier molecular flexibility index (Phi) is 7.08. The van der Waals surface area contributed by atoms with Crippen LogP contribution in [0.2, 0.25) is 0 Å². The average Bonchev–Trinajstić information content (AvgIpc) is 2.62. The number of rotatable bonds is 4. The summed E-state index contributed by atoms with van der Waals surface area (Å²) >= 11 is 1.50. The molecule has 0 aromatic carbocycles. The van der Waals surface area contributed by atoms with Gasteiger partial charge in [-0.2, -0.15) is 0 Å². The number of carboxylic acids is 2. The number of aliphatic hydroxyl groups is 1. The van der Waals surface area contributed by atoms with Gasteiger partial charge in [0.1, 0.15) is 0 Å². The highest BCUT2D eigenvalue weighted by atomic mass is 32.1. The van der Waals surface area contributed by atoms with Crippen LogP contribution in [0, 0.1) is 6.92 Å². The quantitative estimate of drug-likeness (QED) is 0.757. The Morgan fingerprint density at radius 1 is 1.35 bits per heavy atom. The van der Waals surface area contributed by atoms with Crippen molar-refractivity contribution in [3.63, 3.8) is 0 Å². The maximum Gasteiger partial charge on any atom is 0.303 e. The van der Waals surface area contributed by atoms with E-state index in [1.165, 1.54) is 11.3 Å². The third kappa shape index (κ3) is 7.42. The van der Waals surface area contributed by atoms with Crippen LogP contribution in [0.3, 0.4) is 0 Å². The van der Waals surface area contributed by atoms with Gasteiger partial charge in [0.25, 0.3) is 0 Å². The van der Waals surface area contributed by atoms with Gasteiger partial charge < -0.3 is 15.3 Å². The molecule has 1 heterocycles. The first kappa shape index (κ1) is 15.5. The largest absolute Gasteiger partial charge is 0.481 e. The fraction of sp³-hybridized carbons (Fsp3) is 0.500. The molecule has 0 saturated carbocycles. The molecule has 1 unspecified atom stereocenters. The maximum atomic E-state index is 9.64. The number of hydrogen-bond acceptors (Lipinski definition) is 5. The number of thiazole rings is 1. The number of hydrogen-bond donors (Lipinski definition) is 3. The molecule has 0 fully saturated rings. The summed E-state index contributed by atoms with van der Waals surface area (Å²) in [5, 5.41) is 24.9. The normalized spacial score (nSPS) is 11.2. The molecule has 6 nitrogen and oxygen atoms in total. The molecule has 0 aliphatic heterocycles. The van der Waals surface area contributed by atoms with Gasteiger partial charge in [-0.3, -0.25) is 9.59 Å². The van der Waals surface area contributed by atoms with Gasteiger partial charge in [0.15, 0.2) is 0 Å². The minimum Gasteiger partial charge on any atom is -0.481 e. The molecule has 0 spiro atoms. The Hall–Kier alpha value is -1.47. The molecule has 1 aromatic heterocycles. The second kappa shape index (κ2) is 7.75. The Bertz CT molecular complexity index is 361. The highest BCUT2D eigenvalue weighted by Gasteiger charge is 2.05. The molecule has 1 rings (SSSR count). The van der Waals surface area contributed by atoms with Crippen molar-refractivity contribution in [3.05, 3.63) is 16.1 Å². The van der Waals surface area contributed by atoms with Crippen molar-refractivity contribution >= 4 is 23.3 Å². The highest BCUT2D eigenvalue weighted by molar-refractivity contribution is 7.09.